The van der Waals surface area contributed by atoms with E-state index in [1.165, 1.54) is 4.88 Å². The zero-order chi connectivity index (χ0) is 13.7. The van der Waals surface area contributed by atoms with Crippen molar-refractivity contribution < 1.29 is 4.79 Å². The molecule has 1 aromatic carbocycles. The molecule has 0 aliphatic carbocycles. The lowest BCUT2D eigenvalue weighted by molar-refractivity contribution is 0.0948. The Morgan fingerprint density at radius 1 is 1.37 bits per heavy atom. The summed E-state index contributed by atoms with van der Waals surface area (Å²) in [7, 11) is 0. The number of rotatable bonds is 5. The van der Waals surface area contributed by atoms with Gasteiger partial charge in [-0.25, -0.2) is 0 Å². The molecule has 1 aromatic heterocycles. The summed E-state index contributed by atoms with van der Waals surface area (Å²) < 4.78 is 0. The minimum absolute atomic E-state index is 0.0645. The molecule has 1 atom stereocenters. The fraction of sp³-hybridized carbons (Fsp3) is 0.267. The summed E-state index contributed by atoms with van der Waals surface area (Å²) >= 11 is 1.75. The first kappa shape index (κ1) is 13.6. The Morgan fingerprint density at radius 3 is 2.89 bits per heavy atom. The van der Waals surface area contributed by atoms with Crippen LogP contribution in [-0.4, -0.2) is 12.5 Å². The van der Waals surface area contributed by atoms with Crippen LogP contribution in [0.3, 0.4) is 0 Å². The predicted molar refractivity (Wildman–Crippen MR) is 80.4 cm³/mol. The predicted octanol–water partition coefficient (Wildman–Crippen LogP) is 2.94. The second-order valence-corrected chi connectivity index (χ2v) is 5.76. The van der Waals surface area contributed by atoms with Crippen molar-refractivity contribution in [1.82, 2.24) is 5.32 Å². The highest BCUT2D eigenvalue weighted by Crippen LogP contribution is 2.14. The first-order valence-corrected chi connectivity index (χ1v) is 7.19. The van der Waals surface area contributed by atoms with E-state index in [1.807, 2.05) is 0 Å². The van der Waals surface area contributed by atoms with Gasteiger partial charge in [0.1, 0.15) is 0 Å². The van der Waals surface area contributed by atoms with E-state index in [2.05, 4.69) is 29.8 Å². The monoisotopic (exact) mass is 274 g/mol. The van der Waals surface area contributed by atoms with Crippen LogP contribution in [0.4, 0.5) is 5.69 Å². The van der Waals surface area contributed by atoms with E-state index in [4.69, 9.17) is 5.73 Å². The zero-order valence-corrected chi connectivity index (χ0v) is 11.7. The van der Waals surface area contributed by atoms with E-state index in [0.717, 1.165) is 6.42 Å². The van der Waals surface area contributed by atoms with Gasteiger partial charge >= 0.3 is 0 Å². The summed E-state index contributed by atoms with van der Waals surface area (Å²) in [6.07, 6.45) is 0.995. The number of amides is 1. The maximum atomic E-state index is 11.9. The Labute approximate surface area is 117 Å². The summed E-state index contributed by atoms with van der Waals surface area (Å²) in [6, 6.07) is 11.2. The molecule has 19 heavy (non-hydrogen) atoms. The van der Waals surface area contributed by atoms with Crippen LogP contribution in [0.2, 0.25) is 0 Å². The number of nitrogens with two attached hydrogens (primary N) is 1. The molecule has 1 amide bonds. The molecule has 0 bridgehead atoms. The van der Waals surface area contributed by atoms with Crippen molar-refractivity contribution in [3.8, 4) is 0 Å². The Balaban J connectivity index is 1.83. The Morgan fingerprint density at radius 2 is 2.21 bits per heavy atom. The zero-order valence-electron chi connectivity index (χ0n) is 10.9. The molecule has 0 radical (unpaired) electrons. The van der Waals surface area contributed by atoms with Gasteiger partial charge in [-0.05, 0) is 42.0 Å². The summed E-state index contributed by atoms with van der Waals surface area (Å²) in [5.41, 5.74) is 6.89. The highest BCUT2D eigenvalue weighted by molar-refractivity contribution is 7.09. The van der Waals surface area contributed by atoms with Crippen LogP contribution in [0, 0.1) is 5.92 Å². The minimum atomic E-state index is -0.0645. The fourth-order valence-corrected chi connectivity index (χ4v) is 2.76. The van der Waals surface area contributed by atoms with Crippen molar-refractivity contribution >= 4 is 22.9 Å². The maximum Gasteiger partial charge on any atom is 0.251 e. The summed E-state index contributed by atoms with van der Waals surface area (Å²) in [6.45, 7) is 2.81. The number of nitrogens with one attached hydrogen (secondary N) is 1. The number of hydrogen-bond acceptors (Lipinski definition) is 3. The topological polar surface area (TPSA) is 55.1 Å². The van der Waals surface area contributed by atoms with Gasteiger partial charge < -0.3 is 11.1 Å². The Hall–Kier alpha value is -1.81. The van der Waals surface area contributed by atoms with E-state index in [1.54, 1.807) is 35.6 Å². The van der Waals surface area contributed by atoms with Crippen molar-refractivity contribution in [3.63, 3.8) is 0 Å². The molecule has 4 heteroatoms. The van der Waals surface area contributed by atoms with Crippen molar-refractivity contribution in [1.29, 1.82) is 0 Å². The molecule has 0 aliphatic heterocycles. The molecule has 0 spiro atoms. The van der Waals surface area contributed by atoms with Crippen molar-refractivity contribution in [2.75, 3.05) is 12.3 Å². The molecule has 2 rings (SSSR count). The summed E-state index contributed by atoms with van der Waals surface area (Å²) in [5, 5.41) is 5.03. The number of carbonyl (C=O) groups is 1. The lowest BCUT2D eigenvalue weighted by Crippen LogP contribution is -2.29. The van der Waals surface area contributed by atoms with Crippen molar-refractivity contribution in [3.05, 3.63) is 52.2 Å². The quantitative estimate of drug-likeness (QED) is 0.824. The van der Waals surface area contributed by atoms with E-state index >= 15 is 0 Å². The molecular formula is C15H18N2OS. The SMILES string of the molecule is CC(CNC(=O)c1cccc(N)c1)Cc1cccs1. The van der Waals surface area contributed by atoms with Gasteiger partial charge in [0.2, 0.25) is 0 Å². The van der Waals surface area contributed by atoms with Crippen LogP contribution in [-0.2, 0) is 6.42 Å². The second-order valence-electron chi connectivity index (χ2n) is 4.72. The number of anilines is 1. The lowest BCUT2D eigenvalue weighted by atomic mass is 10.1. The van der Waals surface area contributed by atoms with Gasteiger partial charge in [-0.3, -0.25) is 4.79 Å². The molecular weight excluding hydrogens is 256 g/mol. The van der Waals surface area contributed by atoms with Crippen molar-refractivity contribution in [2.45, 2.75) is 13.3 Å². The van der Waals surface area contributed by atoms with Crippen LogP contribution in [0.15, 0.2) is 41.8 Å². The molecule has 0 saturated carbocycles. The standard InChI is InChI=1S/C15H18N2OS/c1-11(8-14-6-3-7-19-14)10-17-15(18)12-4-2-5-13(16)9-12/h2-7,9,11H,8,10,16H2,1H3,(H,17,18). The summed E-state index contributed by atoms with van der Waals surface area (Å²) in [5.74, 6) is 0.356. The largest absolute Gasteiger partial charge is 0.399 e. The molecule has 1 unspecified atom stereocenters. The van der Waals surface area contributed by atoms with E-state index < -0.39 is 0 Å². The highest BCUT2D eigenvalue weighted by Gasteiger charge is 2.09. The number of hydrogen-bond donors (Lipinski definition) is 2. The Kier molecular flexibility index (Phi) is 4.58. The molecule has 100 valence electrons. The molecule has 2 aromatic rings. The maximum absolute atomic E-state index is 11.9. The second kappa shape index (κ2) is 6.38. The van der Waals surface area contributed by atoms with Gasteiger partial charge in [0.15, 0.2) is 0 Å². The number of benzene rings is 1. The van der Waals surface area contributed by atoms with Gasteiger partial charge in [-0.15, -0.1) is 11.3 Å². The van der Waals surface area contributed by atoms with Gasteiger partial charge in [0.25, 0.3) is 5.91 Å². The lowest BCUT2D eigenvalue weighted by Gasteiger charge is -2.12. The van der Waals surface area contributed by atoms with Gasteiger partial charge in [0, 0.05) is 22.7 Å². The van der Waals surface area contributed by atoms with E-state index in [9.17, 15) is 4.79 Å². The Bertz CT molecular complexity index is 537. The average molecular weight is 274 g/mol. The first-order chi connectivity index (χ1) is 9.15. The highest BCUT2D eigenvalue weighted by atomic mass is 32.1. The average Bonchev–Trinajstić information content (AvgIpc) is 2.88. The van der Waals surface area contributed by atoms with Gasteiger partial charge in [-0.1, -0.05) is 19.1 Å². The minimum Gasteiger partial charge on any atom is -0.399 e. The van der Waals surface area contributed by atoms with E-state index in [-0.39, 0.29) is 5.91 Å². The molecule has 0 aliphatic rings. The van der Waals surface area contributed by atoms with Gasteiger partial charge in [0.05, 0.1) is 0 Å². The van der Waals surface area contributed by atoms with Crippen LogP contribution < -0.4 is 11.1 Å². The van der Waals surface area contributed by atoms with Crippen LogP contribution in [0.5, 0.6) is 0 Å². The molecule has 0 saturated heterocycles. The van der Waals surface area contributed by atoms with Crippen LogP contribution in [0.25, 0.3) is 0 Å². The third kappa shape index (κ3) is 4.10. The molecule has 3 N–H and O–H groups in total. The number of carbonyl (C=O) groups excluding carboxylic acids is 1. The smallest absolute Gasteiger partial charge is 0.251 e. The van der Waals surface area contributed by atoms with Crippen molar-refractivity contribution in [2.24, 2.45) is 5.92 Å². The third-order valence-corrected chi connectivity index (χ3v) is 3.79. The first-order valence-electron chi connectivity index (χ1n) is 6.31. The van der Waals surface area contributed by atoms with Crippen LogP contribution >= 0.6 is 11.3 Å². The van der Waals surface area contributed by atoms with Gasteiger partial charge in [-0.2, -0.15) is 0 Å². The van der Waals surface area contributed by atoms with E-state index in [0.29, 0.717) is 23.7 Å². The fourth-order valence-electron chi connectivity index (χ4n) is 1.89. The molecule has 1 heterocycles. The number of thiophene rings is 1. The third-order valence-electron chi connectivity index (χ3n) is 2.89. The van der Waals surface area contributed by atoms with Crippen LogP contribution in [0.1, 0.15) is 22.2 Å². The number of nitrogen functional groups attached to an aromatic ring is 1. The summed E-state index contributed by atoms with van der Waals surface area (Å²) in [4.78, 5) is 13.3. The normalized spacial score (nSPS) is 12.1. The molecule has 3 nitrogen and oxygen atoms in total. The molecule has 0 fully saturated rings.